The van der Waals surface area contributed by atoms with Crippen molar-refractivity contribution in [2.24, 2.45) is 0 Å². The van der Waals surface area contributed by atoms with Crippen molar-refractivity contribution in [3.63, 3.8) is 0 Å². The fourth-order valence-corrected chi connectivity index (χ4v) is 1.79. The predicted molar refractivity (Wildman–Crippen MR) is 54.4 cm³/mol. The van der Waals surface area contributed by atoms with Gasteiger partial charge in [0, 0.05) is 19.0 Å². The highest BCUT2D eigenvalue weighted by Crippen LogP contribution is 2.22. The van der Waals surface area contributed by atoms with Gasteiger partial charge in [-0.1, -0.05) is 12.2 Å². The van der Waals surface area contributed by atoms with Crippen LogP contribution in [0.25, 0.3) is 0 Å². The Bertz CT molecular complexity index is 210. The lowest BCUT2D eigenvalue weighted by atomic mass is 10.1. The van der Waals surface area contributed by atoms with Gasteiger partial charge < -0.3 is 4.90 Å². The summed E-state index contributed by atoms with van der Waals surface area (Å²) >= 11 is 0. The largest absolute Gasteiger partial charge is 0.336 e. The first kappa shape index (κ1) is 10.0. The number of amides is 1. The number of carbonyl (C=O) groups excluding carboxylic acids is 1. The molecule has 0 spiro atoms. The van der Waals surface area contributed by atoms with Gasteiger partial charge in [-0.05, 0) is 19.3 Å². The second kappa shape index (κ2) is 4.85. The number of hydrogen-bond donors (Lipinski definition) is 0. The van der Waals surface area contributed by atoms with Crippen molar-refractivity contribution >= 4 is 5.91 Å². The third-order valence-corrected chi connectivity index (χ3v) is 2.48. The van der Waals surface area contributed by atoms with Crippen LogP contribution in [0.3, 0.4) is 0 Å². The molecule has 1 amide bonds. The van der Waals surface area contributed by atoms with Gasteiger partial charge in [-0.25, -0.2) is 0 Å². The molecule has 0 radical (unpaired) electrons. The molecule has 1 atom stereocenters. The predicted octanol–water partition coefficient (Wildman–Crippen LogP) is 2.13. The molecule has 1 fully saturated rings. The number of allylic oxidation sites excluding steroid dienone is 1. The standard InChI is InChI=1S/C11H17NO/c1-3-5-6-10-7-8-11(13)12(10)9-4-2/h3-4,10H,1-2,5-9H2/t10-/m1/s1. The van der Waals surface area contributed by atoms with Crippen molar-refractivity contribution in [3.8, 4) is 0 Å². The van der Waals surface area contributed by atoms with Gasteiger partial charge in [-0.2, -0.15) is 0 Å². The smallest absolute Gasteiger partial charge is 0.223 e. The molecule has 1 heterocycles. The molecule has 1 saturated heterocycles. The van der Waals surface area contributed by atoms with Crippen LogP contribution in [0.1, 0.15) is 25.7 Å². The Hall–Kier alpha value is -1.05. The molecule has 1 aliphatic rings. The first-order chi connectivity index (χ1) is 6.29. The van der Waals surface area contributed by atoms with Gasteiger partial charge in [0.15, 0.2) is 0 Å². The van der Waals surface area contributed by atoms with Crippen LogP contribution in [0.2, 0.25) is 0 Å². The van der Waals surface area contributed by atoms with Crippen LogP contribution in [0.5, 0.6) is 0 Å². The Kier molecular flexibility index (Phi) is 3.74. The monoisotopic (exact) mass is 179 g/mol. The number of carbonyl (C=O) groups is 1. The molecule has 0 aromatic carbocycles. The summed E-state index contributed by atoms with van der Waals surface area (Å²) in [6.07, 6.45) is 7.45. The molecule has 0 saturated carbocycles. The van der Waals surface area contributed by atoms with E-state index in [2.05, 4.69) is 13.2 Å². The van der Waals surface area contributed by atoms with Crippen molar-refractivity contribution in [1.82, 2.24) is 4.90 Å². The summed E-state index contributed by atoms with van der Waals surface area (Å²) in [5, 5.41) is 0. The van der Waals surface area contributed by atoms with Crippen molar-refractivity contribution < 1.29 is 4.79 Å². The third kappa shape index (κ3) is 2.44. The molecular formula is C11H17NO. The van der Waals surface area contributed by atoms with E-state index in [1.54, 1.807) is 6.08 Å². The zero-order valence-electron chi connectivity index (χ0n) is 8.04. The Morgan fingerprint density at radius 2 is 2.23 bits per heavy atom. The lowest BCUT2D eigenvalue weighted by Gasteiger charge is -2.22. The topological polar surface area (TPSA) is 20.3 Å². The van der Waals surface area contributed by atoms with Gasteiger partial charge in [0.2, 0.25) is 5.91 Å². The van der Waals surface area contributed by atoms with Crippen LogP contribution in [-0.4, -0.2) is 23.4 Å². The van der Waals surface area contributed by atoms with Crippen molar-refractivity contribution in [1.29, 1.82) is 0 Å². The van der Waals surface area contributed by atoms with Crippen molar-refractivity contribution in [2.75, 3.05) is 6.54 Å². The van der Waals surface area contributed by atoms with E-state index in [1.165, 1.54) is 0 Å². The summed E-state index contributed by atoms with van der Waals surface area (Å²) in [5.74, 6) is 0.272. The number of likely N-dealkylation sites (tertiary alicyclic amines) is 1. The van der Waals surface area contributed by atoms with E-state index in [0.29, 0.717) is 19.0 Å². The summed E-state index contributed by atoms with van der Waals surface area (Å²) < 4.78 is 0. The molecule has 0 unspecified atom stereocenters. The fraction of sp³-hybridized carbons (Fsp3) is 0.545. The summed E-state index contributed by atoms with van der Waals surface area (Å²) in [7, 11) is 0. The maximum Gasteiger partial charge on any atom is 0.223 e. The molecular weight excluding hydrogens is 162 g/mol. The van der Waals surface area contributed by atoms with Crippen LogP contribution in [0.4, 0.5) is 0 Å². The van der Waals surface area contributed by atoms with E-state index in [-0.39, 0.29) is 5.91 Å². The average molecular weight is 179 g/mol. The zero-order valence-corrected chi connectivity index (χ0v) is 8.04. The Labute approximate surface area is 79.9 Å². The molecule has 1 rings (SSSR count). The molecule has 1 aliphatic heterocycles. The van der Waals surface area contributed by atoms with E-state index in [9.17, 15) is 4.79 Å². The van der Waals surface area contributed by atoms with E-state index < -0.39 is 0 Å². The SMILES string of the molecule is C=CCC[C@@H]1CCC(=O)N1CC=C. The normalized spacial score (nSPS) is 22.0. The molecule has 2 nitrogen and oxygen atoms in total. The quantitative estimate of drug-likeness (QED) is 0.592. The lowest BCUT2D eigenvalue weighted by molar-refractivity contribution is -0.128. The van der Waals surface area contributed by atoms with E-state index in [4.69, 9.17) is 0 Å². The summed E-state index contributed by atoms with van der Waals surface area (Å²) in [6.45, 7) is 8.04. The highest BCUT2D eigenvalue weighted by atomic mass is 16.2. The first-order valence-corrected chi connectivity index (χ1v) is 4.81. The van der Waals surface area contributed by atoms with Gasteiger partial charge >= 0.3 is 0 Å². The second-order valence-electron chi connectivity index (χ2n) is 3.39. The molecule has 0 aromatic heterocycles. The lowest BCUT2D eigenvalue weighted by Crippen LogP contribution is -2.32. The first-order valence-electron chi connectivity index (χ1n) is 4.81. The van der Waals surface area contributed by atoms with E-state index >= 15 is 0 Å². The minimum Gasteiger partial charge on any atom is -0.336 e. The van der Waals surface area contributed by atoms with Crippen LogP contribution in [-0.2, 0) is 4.79 Å². The molecule has 2 heteroatoms. The van der Waals surface area contributed by atoms with Gasteiger partial charge in [0.1, 0.15) is 0 Å². The van der Waals surface area contributed by atoms with Crippen molar-refractivity contribution in [2.45, 2.75) is 31.7 Å². The van der Waals surface area contributed by atoms with Crippen LogP contribution < -0.4 is 0 Å². The van der Waals surface area contributed by atoms with Crippen LogP contribution in [0, 0.1) is 0 Å². The Morgan fingerprint density at radius 3 is 2.85 bits per heavy atom. The number of rotatable bonds is 5. The van der Waals surface area contributed by atoms with Crippen LogP contribution >= 0.6 is 0 Å². The van der Waals surface area contributed by atoms with Gasteiger partial charge in [-0.15, -0.1) is 13.2 Å². The second-order valence-corrected chi connectivity index (χ2v) is 3.39. The Balaban J connectivity index is 2.47. The molecule has 0 N–H and O–H groups in total. The van der Waals surface area contributed by atoms with E-state index in [0.717, 1.165) is 19.3 Å². The molecule has 0 aromatic rings. The third-order valence-electron chi connectivity index (χ3n) is 2.48. The maximum absolute atomic E-state index is 11.4. The molecule has 0 aliphatic carbocycles. The van der Waals surface area contributed by atoms with Crippen LogP contribution in [0.15, 0.2) is 25.3 Å². The van der Waals surface area contributed by atoms with Gasteiger partial charge in [0.05, 0.1) is 0 Å². The highest BCUT2D eigenvalue weighted by molar-refractivity contribution is 5.78. The number of hydrogen-bond acceptors (Lipinski definition) is 1. The number of nitrogens with zero attached hydrogens (tertiary/aromatic N) is 1. The zero-order chi connectivity index (χ0) is 9.68. The summed E-state index contributed by atoms with van der Waals surface area (Å²) in [4.78, 5) is 13.3. The fourth-order valence-electron chi connectivity index (χ4n) is 1.79. The minimum atomic E-state index is 0.272. The molecule has 13 heavy (non-hydrogen) atoms. The molecule has 72 valence electrons. The van der Waals surface area contributed by atoms with Gasteiger partial charge in [0.25, 0.3) is 0 Å². The Morgan fingerprint density at radius 1 is 1.46 bits per heavy atom. The average Bonchev–Trinajstić information content (AvgIpc) is 2.46. The highest BCUT2D eigenvalue weighted by Gasteiger charge is 2.28. The summed E-state index contributed by atoms with van der Waals surface area (Å²) in [5.41, 5.74) is 0. The minimum absolute atomic E-state index is 0.272. The van der Waals surface area contributed by atoms with E-state index in [1.807, 2.05) is 11.0 Å². The molecule has 0 bridgehead atoms. The van der Waals surface area contributed by atoms with Gasteiger partial charge in [-0.3, -0.25) is 4.79 Å². The summed E-state index contributed by atoms with van der Waals surface area (Å²) in [6, 6.07) is 0.420. The van der Waals surface area contributed by atoms with Crippen molar-refractivity contribution in [3.05, 3.63) is 25.3 Å². The maximum atomic E-state index is 11.4.